The lowest BCUT2D eigenvalue weighted by Crippen LogP contribution is -2.39. The Hall–Kier alpha value is -1.07. The van der Waals surface area contributed by atoms with Gasteiger partial charge in [-0.3, -0.25) is 4.79 Å². The van der Waals surface area contributed by atoms with Crippen molar-refractivity contribution in [2.75, 3.05) is 13.7 Å². The molecule has 106 valence electrons. The van der Waals surface area contributed by atoms with Crippen molar-refractivity contribution in [3.05, 3.63) is 28.2 Å². The molecule has 0 saturated heterocycles. The number of carbonyl (C=O) groups is 1. The summed E-state index contributed by atoms with van der Waals surface area (Å²) >= 11 is 3.34. The van der Waals surface area contributed by atoms with Gasteiger partial charge in [0.1, 0.15) is 5.75 Å². The van der Waals surface area contributed by atoms with Gasteiger partial charge in [0, 0.05) is 17.1 Å². The van der Waals surface area contributed by atoms with Gasteiger partial charge in [0.2, 0.25) is 0 Å². The molecule has 0 radical (unpaired) electrons. The zero-order chi connectivity index (χ0) is 14.4. The van der Waals surface area contributed by atoms with Crippen LogP contribution in [0.1, 0.15) is 30.6 Å². The van der Waals surface area contributed by atoms with E-state index >= 15 is 0 Å². The summed E-state index contributed by atoms with van der Waals surface area (Å²) in [6, 6.07) is 5.22. The molecule has 1 atom stereocenters. The lowest BCUT2D eigenvalue weighted by molar-refractivity contribution is 0.0913. The number of aliphatic hydroxyl groups is 1. The monoisotopic (exact) mass is 329 g/mol. The first kappa shape index (κ1) is 16.0. The summed E-state index contributed by atoms with van der Waals surface area (Å²) in [5.41, 5.74) is 0.495. The van der Waals surface area contributed by atoms with Gasteiger partial charge < -0.3 is 15.2 Å². The van der Waals surface area contributed by atoms with E-state index in [9.17, 15) is 4.79 Å². The maximum absolute atomic E-state index is 12.2. The summed E-state index contributed by atoms with van der Waals surface area (Å²) in [6.45, 7) is 4.08. The van der Waals surface area contributed by atoms with E-state index in [-0.39, 0.29) is 24.5 Å². The first-order valence-corrected chi connectivity index (χ1v) is 7.04. The Morgan fingerprint density at radius 3 is 2.68 bits per heavy atom. The molecule has 0 aliphatic rings. The minimum absolute atomic E-state index is 0.0501. The smallest absolute Gasteiger partial charge is 0.255 e. The molecule has 1 aromatic carbocycles. The van der Waals surface area contributed by atoms with Crippen molar-refractivity contribution < 1.29 is 14.6 Å². The van der Waals surface area contributed by atoms with E-state index in [4.69, 9.17) is 9.84 Å². The molecule has 19 heavy (non-hydrogen) atoms. The molecular weight excluding hydrogens is 310 g/mol. The maximum Gasteiger partial charge on any atom is 0.255 e. The summed E-state index contributed by atoms with van der Waals surface area (Å²) in [7, 11) is 1.53. The quantitative estimate of drug-likeness (QED) is 0.843. The molecule has 0 fully saturated rings. The minimum Gasteiger partial charge on any atom is -0.496 e. The molecular formula is C14H20BrNO3. The molecule has 0 aliphatic heterocycles. The third kappa shape index (κ3) is 4.51. The number of carbonyl (C=O) groups excluding carboxylic acids is 1. The van der Waals surface area contributed by atoms with Crippen molar-refractivity contribution >= 4 is 21.8 Å². The SMILES string of the molecule is COc1cc(Br)ccc1C(=O)NC(CCO)C(C)C. The fourth-order valence-corrected chi connectivity index (χ4v) is 2.15. The largest absolute Gasteiger partial charge is 0.496 e. The second-order valence-corrected chi connectivity index (χ2v) is 5.60. The van der Waals surface area contributed by atoms with E-state index in [2.05, 4.69) is 21.2 Å². The highest BCUT2D eigenvalue weighted by molar-refractivity contribution is 9.10. The van der Waals surface area contributed by atoms with E-state index < -0.39 is 0 Å². The highest BCUT2D eigenvalue weighted by atomic mass is 79.9. The summed E-state index contributed by atoms with van der Waals surface area (Å²) in [6.07, 6.45) is 0.544. The van der Waals surface area contributed by atoms with E-state index in [1.165, 1.54) is 7.11 Å². The van der Waals surface area contributed by atoms with Crippen molar-refractivity contribution in [2.45, 2.75) is 26.3 Å². The summed E-state index contributed by atoms with van der Waals surface area (Å²) < 4.78 is 6.07. The maximum atomic E-state index is 12.2. The van der Waals surface area contributed by atoms with Gasteiger partial charge in [-0.05, 0) is 30.5 Å². The minimum atomic E-state index is -0.184. The van der Waals surface area contributed by atoms with Gasteiger partial charge in [-0.2, -0.15) is 0 Å². The number of hydrogen-bond donors (Lipinski definition) is 2. The molecule has 2 N–H and O–H groups in total. The standard InChI is InChI=1S/C14H20BrNO3/c1-9(2)12(6-7-17)16-14(18)11-5-4-10(15)8-13(11)19-3/h4-5,8-9,12,17H,6-7H2,1-3H3,(H,16,18). The Morgan fingerprint density at radius 1 is 1.47 bits per heavy atom. The number of aliphatic hydroxyl groups excluding tert-OH is 1. The Bertz CT molecular complexity index is 435. The van der Waals surface area contributed by atoms with Crippen LogP contribution in [0.2, 0.25) is 0 Å². The molecule has 1 rings (SSSR count). The number of halogens is 1. The normalized spacial score (nSPS) is 12.3. The highest BCUT2D eigenvalue weighted by Crippen LogP contribution is 2.23. The summed E-state index contributed by atoms with van der Waals surface area (Å²) in [5, 5.41) is 12.0. The second-order valence-electron chi connectivity index (χ2n) is 4.68. The fraction of sp³-hybridized carbons (Fsp3) is 0.500. The number of benzene rings is 1. The van der Waals surface area contributed by atoms with Crippen molar-refractivity contribution in [1.29, 1.82) is 0 Å². The van der Waals surface area contributed by atoms with Crippen molar-refractivity contribution in [1.82, 2.24) is 5.32 Å². The number of methoxy groups -OCH3 is 1. The van der Waals surface area contributed by atoms with Crippen molar-refractivity contribution in [3.8, 4) is 5.75 Å². The molecule has 0 heterocycles. The number of amides is 1. The zero-order valence-electron chi connectivity index (χ0n) is 11.4. The number of ether oxygens (including phenoxy) is 1. The molecule has 5 heteroatoms. The van der Waals surface area contributed by atoms with Crippen LogP contribution in [-0.2, 0) is 0 Å². The topological polar surface area (TPSA) is 58.6 Å². The van der Waals surface area contributed by atoms with Crippen LogP contribution in [-0.4, -0.2) is 30.8 Å². The van der Waals surface area contributed by atoms with Crippen LogP contribution in [0.15, 0.2) is 22.7 Å². The van der Waals surface area contributed by atoms with Crippen LogP contribution >= 0.6 is 15.9 Å². The Kier molecular flexibility index (Phi) is 6.31. The van der Waals surface area contributed by atoms with Gasteiger partial charge in [-0.25, -0.2) is 0 Å². The molecule has 0 spiro atoms. The van der Waals surface area contributed by atoms with Crippen LogP contribution in [0.4, 0.5) is 0 Å². The van der Waals surface area contributed by atoms with Gasteiger partial charge >= 0.3 is 0 Å². The zero-order valence-corrected chi connectivity index (χ0v) is 13.0. The summed E-state index contributed by atoms with van der Waals surface area (Å²) in [5.74, 6) is 0.604. The number of hydrogen-bond acceptors (Lipinski definition) is 3. The van der Waals surface area contributed by atoms with Gasteiger partial charge in [0.25, 0.3) is 5.91 Å². The third-order valence-corrected chi connectivity index (χ3v) is 3.46. The van der Waals surface area contributed by atoms with Crippen molar-refractivity contribution in [3.63, 3.8) is 0 Å². The van der Waals surface area contributed by atoms with Crippen LogP contribution in [0.5, 0.6) is 5.75 Å². The van der Waals surface area contributed by atoms with E-state index in [0.29, 0.717) is 17.7 Å². The lowest BCUT2D eigenvalue weighted by atomic mass is 10.0. The molecule has 4 nitrogen and oxygen atoms in total. The molecule has 0 saturated carbocycles. The first-order valence-electron chi connectivity index (χ1n) is 6.24. The van der Waals surface area contributed by atoms with Gasteiger partial charge in [-0.15, -0.1) is 0 Å². The van der Waals surface area contributed by atoms with Crippen molar-refractivity contribution in [2.24, 2.45) is 5.92 Å². The van der Waals surface area contributed by atoms with Crippen LogP contribution in [0.25, 0.3) is 0 Å². The molecule has 1 unspecified atom stereocenters. The molecule has 0 aromatic heterocycles. The van der Waals surface area contributed by atoms with E-state index in [1.54, 1.807) is 18.2 Å². The average Bonchev–Trinajstić information content (AvgIpc) is 2.37. The fourth-order valence-electron chi connectivity index (χ4n) is 1.81. The van der Waals surface area contributed by atoms with Crippen LogP contribution < -0.4 is 10.1 Å². The predicted octanol–water partition coefficient (Wildman–Crippen LogP) is 2.59. The van der Waals surface area contributed by atoms with Gasteiger partial charge in [0.05, 0.1) is 12.7 Å². The van der Waals surface area contributed by atoms with Gasteiger partial charge in [0.15, 0.2) is 0 Å². The Labute approximate surface area is 122 Å². The molecule has 1 aromatic rings. The predicted molar refractivity (Wildman–Crippen MR) is 78.5 cm³/mol. The molecule has 0 aliphatic carbocycles. The number of nitrogens with one attached hydrogen (secondary N) is 1. The second kappa shape index (κ2) is 7.50. The molecule has 1 amide bonds. The van der Waals surface area contributed by atoms with Crippen LogP contribution in [0.3, 0.4) is 0 Å². The average molecular weight is 330 g/mol. The lowest BCUT2D eigenvalue weighted by Gasteiger charge is -2.22. The highest BCUT2D eigenvalue weighted by Gasteiger charge is 2.19. The summed E-state index contributed by atoms with van der Waals surface area (Å²) in [4.78, 5) is 12.2. The Morgan fingerprint density at radius 2 is 2.16 bits per heavy atom. The Balaban J connectivity index is 2.88. The third-order valence-electron chi connectivity index (χ3n) is 2.97. The molecule has 0 bridgehead atoms. The van der Waals surface area contributed by atoms with Gasteiger partial charge in [-0.1, -0.05) is 29.8 Å². The van der Waals surface area contributed by atoms with E-state index in [1.807, 2.05) is 13.8 Å². The van der Waals surface area contributed by atoms with Crippen LogP contribution in [0, 0.1) is 5.92 Å². The number of rotatable bonds is 6. The first-order chi connectivity index (χ1) is 8.99. The van der Waals surface area contributed by atoms with E-state index in [0.717, 1.165) is 4.47 Å².